The van der Waals surface area contributed by atoms with Gasteiger partial charge in [-0.05, 0) is 49.4 Å². The van der Waals surface area contributed by atoms with Gasteiger partial charge >= 0.3 is 0 Å². The zero-order chi connectivity index (χ0) is 19.4. The van der Waals surface area contributed by atoms with Crippen LogP contribution in [0.2, 0.25) is 0 Å². The lowest BCUT2D eigenvalue weighted by Gasteiger charge is -2.11. The summed E-state index contributed by atoms with van der Waals surface area (Å²) in [5.74, 6) is 1.92. The highest BCUT2D eigenvalue weighted by Crippen LogP contribution is 2.31. The van der Waals surface area contributed by atoms with Crippen LogP contribution in [0.3, 0.4) is 0 Å². The molecule has 27 heavy (non-hydrogen) atoms. The van der Waals surface area contributed by atoms with E-state index in [0.29, 0.717) is 16.4 Å². The normalized spacial score (nSPS) is 14.4. The van der Waals surface area contributed by atoms with Gasteiger partial charge in [0.25, 0.3) is 0 Å². The first kappa shape index (κ1) is 19.1. The highest BCUT2D eigenvalue weighted by molar-refractivity contribution is 7.91. The Kier molecular flexibility index (Phi) is 5.59. The molecule has 2 atom stereocenters. The topological polar surface area (TPSA) is 107 Å². The zero-order valence-corrected chi connectivity index (χ0v) is 15.8. The van der Waals surface area contributed by atoms with Gasteiger partial charge in [-0.15, -0.1) is 0 Å². The maximum atomic E-state index is 12.4. The minimum absolute atomic E-state index is 0.0139. The number of methoxy groups -OCH3 is 1. The first-order valence-electron chi connectivity index (χ1n) is 8.28. The van der Waals surface area contributed by atoms with Gasteiger partial charge in [0, 0.05) is 17.6 Å². The van der Waals surface area contributed by atoms with Crippen molar-refractivity contribution < 1.29 is 18.8 Å². The summed E-state index contributed by atoms with van der Waals surface area (Å²) in [5, 5.41) is 15.9. The third-order valence-electron chi connectivity index (χ3n) is 3.83. The van der Waals surface area contributed by atoms with E-state index in [1.165, 1.54) is 0 Å². The molecule has 2 unspecified atom stereocenters. The van der Waals surface area contributed by atoms with Gasteiger partial charge < -0.3 is 14.6 Å². The van der Waals surface area contributed by atoms with Crippen molar-refractivity contribution in [2.45, 2.75) is 17.9 Å². The largest absolute Gasteiger partial charge is 0.497 e. The summed E-state index contributed by atoms with van der Waals surface area (Å²) in [4.78, 5) is 4.70. The molecule has 1 heterocycles. The highest BCUT2D eigenvalue weighted by Gasteiger charge is 2.09. The Bertz CT molecular complexity index is 1060. The Labute approximate surface area is 158 Å². The summed E-state index contributed by atoms with van der Waals surface area (Å²) >= 11 is 0. The van der Waals surface area contributed by atoms with Gasteiger partial charge in [0.15, 0.2) is 0 Å². The average Bonchev–Trinajstić information content (AvgIpc) is 2.67. The van der Waals surface area contributed by atoms with E-state index in [0.717, 1.165) is 16.7 Å². The SMILES string of the molecule is COc1ccc2c(Oc3ccc(S(N)(=O)=NCC(C)O)cc3)ccnc2c1. The standard InChI is InChI=1S/C19H21N3O4S/c1-13(23)12-22-27(20,24)16-6-3-14(4-7-16)26-19-9-10-21-18-11-15(25-2)5-8-17(18)19/h3-11,13,23H,12H2,1-2H3,(H2,20,22,24). The fourth-order valence-electron chi connectivity index (χ4n) is 2.44. The molecule has 0 saturated heterocycles. The van der Waals surface area contributed by atoms with E-state index in [4.69, 9.17) is 14.6 Å². The molecule has 2 aromatic carbocycles. The van der Waals surface area contributed by atoms with E-state index in [-0.39, 0.29) is 6.54 Å². The number of rotatable bonds is 6. The van der Waals surface area contributed by atoms with Gasteiger partial charge in [0.2, 0.25) is 0 Å². The van der Waals surface area contributed by atoms with Crippen molar-refractivity contribution in [3.8, 4) is 17.2 Å². The molecular weight excluding hydrogens is 366 g/mol. The summed E-state index contributed by atoms with van der Waals surface area (Å²) in [5.41, 5.74) is 0.755. The van der Waals surface area contributed by atoms with E-state index in [1.807, 2.05) is 18.2 Å². The van der Waals surface area contributed by atoms with Crippen molar-refractivity contribution in [1.82, 2.24) is 4.98 Å². The Morgan fingerprint density at radius 2 is 1.89 bits per heavy atom. The molecule has 142 valence electrons. The van der Waals surface area contributed by atoms with Crippen LogP contribution in [-0.2, 0) is 9.92 Å². The van der Waals surface area contributed by atoms with Gasteiger partial charge in [-0.2, -0.15) is 0 Å². The number of hydrogen-bond donors (Lipinski definition) is 2. The average molecular weight is 387 g/mol. The van der Waals surface area contributed by atoms with E-state index in [2.05, 4.69) is 9.35 Å². The van der Waals surface area contributed by atoms with Crippen LogP contribution in [0.1, 0.15) is 6.92 Å². The van der Waals surface area contributed by atoms with E-state index in [1.54, 1.807) is 50.6 Å². The second-order valence-corrected chi connectivity index (χ2v) is 7.86. The number of aromatic nitrogens is 1. The first-order chi connectivity index (χ1) is 12.9. The number of benzene rings is 2. The summed E-state index contributed by atoms with van der Waals surface area (Å²) in [6, 6.07) is 13.9. The Hall–Kier alpha value is -2.68. The first-order valence-corrected chi connectivity index (χ1v) is 9.86. The summed E-state index contributed by atoms with van der Waals surface area (Å²) < 4.78 is 27.5. The minimum atomic E-state index is -3.05. The number of ether oxygens (including phenoxy) is 2. The van der Waals surface area contributed by atoms with Crippen molar-refractivity contribution in [3.63, 3.8) is 0 Å². The van der Waals surface area contributed by atoms with Crippen molar-refractivity contribution >= 4 is 20.8 Å². The Morgan fingerprint density at radius 3 is 2.56 bits per heavy atom. The van der Waals surface area contributed by atoms with Crippen LogP contribution in [0.4, 0.5) is 0 Å². The number of aliphatic hydroxyl groups is 1. The molecule has 0 bridgehead atoms. The van der Waals surface area contributed by atoms with Gasteiger partial charge in [-0.25, -0.2) is 13.7 Å². The molecule has 1 aromatic heterocycles. The highest BCUT2D eigenvalue weighted by atomic mass is 32.2. The molecule has 0 saturated carbocycles. The summed E-state index contributed by atoms with van der Waals surface area (Å²) in [6.45, 7) is 1.57. The number of hydrogen-bond acceptors (Lipinski definition) is 6. The smallest absolute Gasteiger partial charge is 0.138 e. The molecule has 0 spiro atoms. The molecule has 0 amide bonds. The molecule has 3 aromatic rings. The van der Waals surface area contributed by atoms with Crippen LogP contribution in [0, 0.1) is 0 Å². The summed E-state index contributed by atoms with van der Waals surface area (Å²) in [7, 11) is -1.45. The lowest BCUT2D eigenvalue weighted by Crippen LogP contribution is -2.16. The van der Waals surface area contributed by atoms with E-state index < -0.39 is 16.0 Å². The van der Waals surface area contributed by atoms with Crippen molar-refractivity contribution in [1.29, 1.82) is 0 Å². The Balaban J connectivity index is 1.86. The molecule has 3 N–H and O–H groups in total. The molecule has 0 aliphatic rings. The van der Waals surface area contributed by atoms with Gasteiger partial charge in [-0.3, -0.25) is 4.98 Å². The van der Waals surface area contributed by atoms with Crippen molar-refractivity contribution in [2.75, 3.05) is 13.7 Å². The lowest BCUT2D eigenvalue weighted by molar-refractivity contribution is 0.204. The van der Waals surface area contributed by atoms with Gasteiger partial charge in [0.1, 0.15) is 27.2 Å². The van der Waals surface area contributed by atoms with E-state index in [9.17, 15) is 9.32 Å². The molecular formula is C19H21N3O4S. The van der Waals surface area contributed by atoms with Crippen LogP contribution >= 0.6 is 0 Å². The predicted octanol–water partition coefficient (Wildman–Crippen LogP) is 3.12. The van der Waals surface area contributed by atoms with Crippen LogP contribution in [0.5, 0.6) is 17.2 Å². The molecule has 7 nitrogen and oxygen atoms in total. The van der Waals surface area contributed by atoms with Gasteiger partial charge in [0.05, 0.1) is 30.2 Å². The fourth-order valence-corrected chi connectivity index (χ4v) is 3.55. The molecule has 0 radical (unpaired) electrons. The third-order valence-corrected chi connectivity index (χ3v) is 5.31. The fraction of sp³-hybridized carbons (Fsp3) is 0.211. The number of pyridine rings is 1. The monoisotopic (exact) mass is 387 g/mol. The molecule has 0 fully saturated rings. The number of nitrogens with two attached hydrogens (primary N) is 1. The Morgan fingerprint density at radius 1 is 1.19 bits per heavy atom. The maximum absolute atomic E-state index is 12.4. The minimum Gasteiger partial charge on any atom is -0.497 e. The summed E-state index contributed by atoms with van der Waals surface area (Å²) in [6.07, 6.45) is 0.961. The maximum Gasteiger partial charge on any atom is 0.138 e. The number of aliphatic hydroxyl groups excluding tert-OH is 1. The second kappa shape index (κ2) is 7.91. The molecule has 0 aliphatic heterocycles. The predicted molar refractivity (Wildman–Crippen MR) is 104 cm³/mol. The molecule has 8 heteroatoms. The van der Waals surface area contributed by atoms with E-state index >= 15 is 0 Å². The van der Waals surface area contributed by atoms with Crippen LogP contribution in [0.15, 0.2) is 64.0 Å². The van der Waals surface area contributed by atoms with Crippen LogP contribution < -0.4 is 14.6 Å². The third kappa shape index (κ3) is 4.54. The quantitative estimate of drug-likeness (QED) is 0.676. The van der Waals surface area contributed by atoms with Gasteiger partial charge in [-0.1, -0.05) is 0 Å². The lowest BCUT2D eigenvalue weighted by atomic mass is 10.2. The van der Waals surface area contributed by atoms with Crippen LogP contribution in [0.25, 0.3) is 10.9 Å². The molecule has 3 rings (SSSR count). The molecule has 0 aliphatic carbocycles. The van der Waals surface area contributed by atoms with Crippen molar-refractivity contribution in [3.05, 3.63) is 54.7 Å². The number of fused-ring (bicyclic) bond motifs is 1. The van der Waals surface area contributed by atoms with Crippen molar-refractivity contribution in [2.24, 2.45) is 9.50 Å². The number of nitrogens with zero attached hydrogens (tertiary/aromatic N) is 2. The second-order valence-electron chi connectivity index (χ2n) is 5.99. The zero-order valence-electron chi connectivity index (χ0n) is 15.0. The van der Waals surface area contributed by atoms with Crippen LogP contribution in [-0.4, -0.2) is 34.1 Å².